The summed E-state index contributed by atoms with van der Waals surface area (Å²) in [7, 11) is 0. The molecule has 3 saturated carbocycles. The quantitative estimate of drug-likeness (QED) is 0.482. The van der Waals surface area contributed by atoms with E-state index in [0.29, 0.717) is 6.42 Å². The molecule has 0 heterocycles. The molecule has 0 saturated heterocycles. The number of halogens is 3. The number of carbonyl (C=O) groups excluding carboxylic acids is 2. The van der Waals surface area contributed by atoms with Gasteiger partial charge in [-0.05, 0) is 55.6 Å². The molecule has 0 amide bonds. The molecule has 160 valence electrons. The van der Waals surface area contributed by atoms with E-state index in [4.69, 9.17) is 39.5 Å². The standard InChI is InChI=1S/C22H27Cl3O4/c1-11-8-15-14-5-4-12-9-13(26)6-7-21(12,3)22(14,25)16(27)10-20(15,2)17(11)29-19(28)18(23)24/h6-7,9,11,14-18,27H,4-5,8,10H2,1-3H3/t11-,14-,15-,16-,17+,20-,21-,22-/m0/s1. The molecule has 0 radical (unpaired) electrons. The Bertz CT molecular complexity index is 808. The van der Waals surface area contributed by atoms with E-state index in [9.17, 15) is 14.7 Å². The average Bonchev–Trinajstić information content (AvgIpc) is 2.88. The summed E-state index contributed by atoms with van der Waals surface area (Å²) in [5, 5.41) is 11.4. The zero-order chi connectivity index (χ0) is 21.4. The molecule has 4 rings (SSSR count). The van der Waals surface area contributed by atoms with Crippen LogP contribution in [0.15, 0.2) is 23.8 Å². The highest BCUT2D eigenvalue weighted by molar-refractivity contribution is 6.52. The van der Waals surface area contributed by atoms with Gasteiger partial charge in [0, 0.05) is 10.8 Å². The van der Waals surface area contributed by atoms with Crippen LogP contribution in [0.3, 0.4) is 0 Å². The van der Waals surface area contributed by atoms with Gasteiger partial charge in [-0.2, -0.15) is 0 Å². The number of hydrogen-bond acceptors (Lipinski definition) is 4. The highest BCUT2D eigenvalue weighted by Crippen LogP contribution is 2.69. The summed E-state index contributed by atoms with van der Waals surface area (Å²) in [4.78, 5) is 21.9. The zero-order valence-electron chi connectivity index (χ0n) is 16.8. The number of aliphatic hydroxyl groups excluding tert-OH is 1. The summed E-state index contributed by atoms with van der Waals surface area (Å²) >= 11 is 18.8. The fourth-order valence-corrected chi connectivity index (χ4v) is 7.59. The number of rotatable bonds is 2. The fraction of sp³-hybridized carbons (Fsp3) is 0.727. The van der Waals surface area contributed by atoms with Crippen LogP contribution in [0.2, 0.25) is 0 Å². The van der Waals surface area contributed by atoms with Gasteiger partial charge in [-0.25, -0.2) is 4.79 Å². The SMILES string of the molecule is C[C@H]1C[C@H]2[C@@H]3CCC4=CC(=O)C=C[C@]4(C)[C@@]3(Cl)[C@@H](O)C[C@]2(C)[C@@H]1OC(=O)C(Cl)Cl. The summed E-state index contributed by atoms with van der Waals surface area (Å²) in [6.45, 7) is 6.19. The molecule has 0 spiro atoms. The molecule has 4 aliphatic rings. The van der Waals surface area contributed by atoms with Crippen molar-refractivity contribution >= 4 is 46.6 Å². The lowest BCUT2D eigenvalue weighted by atomic mass is 9.47. The second-order valence-electron chi connectivity index (χ2n) is 9.72. The van der Waals surface area contributed by atoms with Gasteiger partial charge >= 0.3 is 5.97 Å². The lowest BCUT2D eigenvalue weighted by Gasteiger charge is -2.63. The van der Waals surface area contributed by atoms with Crippen LogP contribution in [0.5, 0.6) is 0 Å². The Morgan fingerprint density at radius 1 is 1.31 bits per heavy atom. The molecule has 0 bridgehead atoms. The van der Waals surface area contributed by atoms with Crippen LogP contribution < -0.4 is 0 Å². The van der Waals surface area contributed by atoms with E-state index in [1.807, 2.05) is 13.0 Å². The van der Waals surface area contributed by atoms with Gasteiger partial charge in [-0.15, -0.1) is 11.6 Å². The maximum absolute atomic E-state index is 12.1. The topological polar surface area (TPSA) is 63.6 Å². The van der Waals surface area contributed by atoms with Crippen molar-refractivity contribution < 1.29 is 19.4 Å². The average molecular weight is 462 g/mol. The Morgan fingerprint density at radius 3 is 2.66 bits per heavy atom. The number of esters is 1. The molecule has 0 unspecified atom stereocenters. The second kappa shape index (κ2) is 6.98. The van der Waals surface area contributed by atoms with E-state index in [1.165, 1.54) is 0 Å². The zero-order valence-corrected chi connectivity index (χ0v) is 19.1. The molecule has 4 nitrogen and oxygen atoms in total. The number of fused-ring (bicyclic) bond motifs is 5. The number of aliphatic hydroxyl groups is 1. The molecule has 29 heavy (non-hydrogen) atoms. The van der Waals surface area contributed by atoms with Gasteiger partial charge in [-0.1, -0.05) is 55.6 Å². The number of alkyl halides is 3. The molecule has 0 aliphatic heterocycles. The van der Waals surface area contributed by atoms with E-state index in [0.717, 1.165) is 24.8 Å². The number of carbonyl (C=O) groups is 2. The normalized spacial score (nSPS) is 48.6. The maximum atomic E-state index is 12.1. The fourth-order valence-electron chi connectivity index (χ4n) is 6.96. The van der Waals surface area contributed by atoms with E-state index < -0.39 is 32.6 Å². The molecule has 8 atom stereocenters. The van der Waals surface area contributed by atoms with Crippen molar-refractivity contribution in [2.24, 2.45) is 28.6 Å². The van der Waals surface area contributed by atoms with E-state index in [1.54, 1.807) is 12.2 Å². The van der Waals surface area contributed by atoms with Gasteiger partial charge in [0.25, 0.3) is 0 Å². The van der Waals surface area contributed by atoms with Crippen LogP contribution in [0, 0.1) is 28.6 Å². The Kier molecular flexibility index (Phi) is 5.22. The first-order valence-electron chi connectivity index (χ1n) is 10.2. The molecule has 4 aliphatic carbocycles. The van der Waals surface area contributed by atoms with Crippen molar-refractivity contribution in [3.05, 3.63) is 23.8 Å². The number of ether oxygens (including phenoxy) is 1. The molecule has 1 N–H and O–H groups in total. The molecule has 0 aromatic carbocycles. The monoisotopic (exact) mass is 460 g/mol. The molecule has 0 aromatic heterocycles. The van der Waals surface area contributed by atoms with Crippen molar-refractivity contribution in [1.82, 2.24) is 0 Å². The van der Waals surface area contributed by atoms with Gasteiger partial charge in [0.05, 0.1) is 11.0 Å². The Morgan fingerprint density at radius 2 is 2.00 bits per heavy atom. The van der Waals surface area contributed by atoms with Crippen LogP contribution in [-0.4, -0.2) is 38.8 Å². The van der Waals surface area contributed by atoms with Crippen molar-refractivity contribution in [2.75, 3.05) is 0 Å². The summed E-state index contributed by atoms with van der Waals surface area (Å²) in [6.07, 6.45) is 6.80. The third-order valence-corrected chi connectivity index (χ3v) is 9.57. The Hall–Kier alpha value is -0.550. The van der Waals surface area contributed by atoms with Gasteiger partial charge in [0.2, 0.25) is 4.84 Å². The maximum Gasteiger partial charge on any atom is 0.339 e. The van der Waals surface area contributed by atoms with Gasteiger partial charge < -0.3 is 9.84 Å². The van der Waals surface area contributed by atoms with Crippen molar-refractivity contribution in [3.63, 3.8) is 0 Å². The van der Waals surface area contributed by atoms with Crippen LogP contribution in [0.4, 0.5) is 0 Å². The first-order valence-corrected chi connectivity index (χ1v) is 11.5. The minimum absolute atomic E-state index is 0.0236. The van der Waals surface area contributed by atoms with Crippen LogP contribution in [0.25, 0.3) is 0 Å². The van der Waals surface area contributed by atoms with E-state index >= 15 is 0 Å². The van der Waals surface area contributed by atoms with E-state index in [2.05, 4.69) is 13.8 Å². The Balaban J connectivity index is 1.73. The molecule has 7 heteroatoms. The summed E-state index contributed by atoms with van der Waals surface area (Å²) in [5.74, 6) is -0.333. The number of ketones is 1. The Labute approximate surface area is 186 Å². The summed E-state index contributed by atoms with van der Waals surface area (Å²) in [6, 6.07) is 0. The molecular formula is C22H27Cl3O4. The van der Waals surface area contributed by atoms with Gasteiger partial charge in [0.1, 0.15) is 6.10 Å². The van der Waals surface area contributed by atoms with Crippen LogP contribution in [-0.2, 0) is 14.3 Å². The highest BCUT2D eigenvalue weighted by atomic mass is 35.5. The third-order valence-electron chi connectivity index (χ3n) is 8.29. The minimum atomic E-state index is -1.23. The minimum Gasteiger partial charge on any atom is -0.459 e. The lowest BCUT2D eigenvalue weighted by molar-refractivity contribution is -0.165. The molecular weight excluding hydrogens is 435 g/mol. The first kappa shape index (κ1) is 21.7. The molecule has 3 fully saturated rings. The lowest BCUT2D eigenvalue weighted by Crippen LogP contribution is -2.66. The summed E-state index contributed by atoms with van der Waals surface area (Å²) < 4.78 is 5.74. The highest BCUT2D eigenvalue weighted by Gasteiger charge is 2.70. The summed E-state index contributed by atoms with van der Waals surface area (Å²) in [5.41, 5.74) is 0.00748. The second-order valence-corrected chi connectivity index (χ2v) is 11.4. The number of hydrogen-bond donors (Lipinski definition) is 1. The smallest absolute Gasteiger partial charge is 0.339 e. The van der Waals surface area contributed by atoms with E-state index in [-0.39, 0.29) is 29.6 Å². The number of allylic oxidation sites excluding steroid dienone is 4. The van der Waals surface area contributed by atoms with Gasteiger partial charge in [0.15, 0.2) is 5.78 Å². The van der Waals surface area contributed by atoms with Crippen LogP contribution in [0.1, 0.15) is 46.5 Å². The van der Waals surface area contributed by atoms with Crippen molar-refractivity contribution in [1.29, 1.82) is 0 Å². The van der Waals surface area contributed by atoms with Crippen molar-refractivity contribution in [2.45, 2.75) is 68.4 Å². The third kappa shape index (κ3) is 2.89. The predicted molar refractivity (Wildman–Crippen MR) is 113 cm³/mol. The van der Waals surface area contributed by atoms with Gasteiger partial charge in [-0.3, -0.25) is 4.79 Å². The predicted octanol–water partition coefficient (Wildman–Crippen LogP) is 4.59. The molecule has 0 aromatic rings. The van der Waals surface area contributed by atoms with Crippen molar-refractivity contribution in [3.8, 4) is 0 Å². The first-order chi connectivity index (χ1) is 13.4. The van der Waals surface area contributed by atoms with Crippen LogP contribution >= 0.6 is 34.8 Å². The largest absolute Gasteiger partial charge is 0.459 e.